The van der Waals surface area contributed by atoms with Gasteiger partial charge in [-0.15, -0.1) is 0 Å². The number of amidine groups is 1. The first-order valence-electron chi connectivity index (χ1n) is 10.5. The van der Waals surface area contributed by atoms with E-state index in [1.807, 2.05) is 31.2 Å². The Labute approximate surface area is 192 Å². The second-order valence-corrected chi connectivity index (χ2v) is 7.77. The van der Waals surface area contributed by atoms with Crippen LogP contribution in [0.1, 0.15) is 48.9 Å². The van der Waals surface area contributed by atoms with Crippen LogP contribution in [0, 0.1) is 12.3 Å². The Kier molecular flexibility index (Phi) is 8.56. The zero-order valence-corrected chi connectivity index (χ0v) is 19.0. The van der Waals surface area contributed by atoms with Gasteiger partial charge in [0, 0.05) is 24.2 Å². The van der Waals surface area contributed by atoms with Gasteiger partial charge in [0.05, 0.1) is 13.0 Å². The Balaban J connectivity index is 2.20. The van der Waals surface area contributed by atoms with Gasteiger partial charge in [-0.2, -0.15) is 0 Å². The van der Waals surface area contributed by atoms with Crippen molar-refractivity contribution in [2.24, 2.45) is 5.73 Å². The van der Waals surface area contributed by atoms with Gasteiger partial charge in [0.15, 0.2) is 5.54 Å². The Morgan fingerprint density at radius 1 is 1.12 bits per heavy atom. The number of nitrogens with one attached hydrogen (secondary N) is 3. The van der Waals surface area contributed by atoms with Crippen molar-refractivity contribution in [1.29, 1.82) is 5.41 Å². The molecule has 0 radical (unpaired) electrons. The highest BCUT2D eigenvalue weighted by Gasteiger charge is 2.38. The second kappa shape index (κ2) is 11.1. The van der Waals surface area contributed by atoms with E-state index < -0.39 is 23.4 Å². The number of amides is 1. The van der Waals surface area contributed by atoms with Crippen LogP contribution in [-0.2, 0) is 31.2 Å². The average Bonchev–Trinajstić information content (AvgIpc) is 2.77. The summed E-state index contributed by atoms with van der Waals surface area (Å²) in [5.74, 6) is -2.26. The van der Waals surface area contributed by atoms with E-state index in [2.05, 4.69) is 10.6 Å². The van der Waals surface area contributed by atoms with E-state index in [1.165, 1.54) is 0 Å². The molecule has 0 aliphatic carbocycles. The molecule has 0 fully saturated rings. The van der Waals surface area contributed by atoms with E-state index >= 15 is 0 Å². The van der Waals surface area contributed by atoms with Crippen molar-refractivity contribution in [3.05, 3.63) is 64.7 Å². The molecule has 0 aliphatic heterocycles. The summed E-state index contributed by atoms with van der Waals surface area (Å²) in [5.41, 5.74) is 7.95. The fraction of sp³-hybridized carbons (Fsp3) is 0.333. The van der Waals surface area contributed by atoms with Gasteiger partial charge in [0.2, 0.25) is 5.91 Å². The zero-order chi connectivity index (χ0) is 24.6. The summed E-state index contributed by atoms with van der Waals surface area (Å²) in [6.07, 6.45) is -0.574. The van der Waals surface area contributed by atoms with E-state index in [0.29, 0.717) is 17.7 Å². The lowest BCUT2D eigenvalue weighted by Crippen LogP contribution is -2.50. The van der Waals surface area contributed by atoms with Gasteiger partial charge in [-0.3, -0.25) is 15.0 Å². The van der Waals surface area contributed by atoms with E-state index in [1.54, 1.807) is 32.0 Å². The number of carboxylic acid groups (broad SMARTS) is 1. The number of aryl methyl sites for hydroxylation is 1. The van der Waals surface area contributed by atoms with Crippen molar-refractivity contribution in [2.45, 2.75) is 45.7 Å². The van der Waals surface area contributed by atoms with Crippen molar-refractivity contribution in [1.82, 2.24) is 5.32 Å². The molecule has 2 aromatic carbocycles. The number of hydrogen-bond acceptors (Lipinski definition) is 6. The molecule has 0 saturated heterocycles. The van der Waals surface area contributed by atoms with Crippen LogP contribution in [0.25, 0.3) is 0 Å². The first-order valence-corrected chi connectivity index (χ1v) is 10.5. The first-order chi connectivity index (χ1) is 15.6. The molecule has 2 rings (SSSR count). The first kappa shape index (κ1) is 25.4. The summed E-state index contributed by atoms with van der Waals surface area (Å²) in [5, 5.41) is 22.2. The smallest absolute Gasteiger partial charge is 0.336 e. The second-order valence-electron chi connectivity index (χ2n) is 7.77. The van der Waals surface area contributed by atoms with Crippen LogP contribution in [0.3, 0.4) is 0 Å². The van der Waals surface area contributed by atoms with Crippen molar-refractivity contribution in [3.8, 4) is 0 Å². The SMILES string of the molecule is CCOC(=O)C(C)(NC(=O)CCC(=O)O)c1ccc(CNc2ccc(C(=N)N)cc2)c(C)c1. The lowest BCUT2D eigenvalue weighted by molar-refractivity contribution is -0.153. The summed E-state index contributed by atoms with van der Waals surface area (Å²) >= 11 is 0. The van der Waals surface area contributed by atoms with E-state index in [0.717, 1.165) is 16.8 Å². The van der Waals surface area contributed by atoms with E-state index in [-0.39, 0.29) is 25.3 Å². The molecule has 0 heterocycles. The quantitative estimate of drug-likeness (QED) is 0.199. The highest BCUT2D eigenvalue weighted by molar-refractivity contribution is 5.95. The fourth-order valence-electron chi connectivity index (χ4n) is 3.25. The molecule has 1 atom stereocenters. The molecule has 176 valence electrons. The van der Waals surface area contributed by atoms with Crippen LogP contribution in [-0.4, -0.2) is 35.4 Å². The Bertz CT molecular complexity index is 1040. The number of rotatable bonds is 11. The van der Waals surface area contributed by atoms with Crippen LogP contribution in [0.4, 0.5) is 5.69 Å². The average molecular weight is 455 g/mol. The lowest BCUT2D eigenvalue weighted by atomic mass is 9.89. The maximum atomic E-state index is 12.7. The number of carboxylic acids is 1. The number of aliphatic carboxylic acids is 1. The van der Waals surface area contributed by atoms with Gasteiger partial charge in [0.25, 0.3) is 0 Å². The number of hydrogen-bond donors (Lipinski definition) is 5. The molecule has 33 heavy (non-hydrogen) atoms. The third kappa shape index (κ3) is 6.80. The summed E-state index contributed by atoms with van der Waals surface area (Å²) in [6.45, 7) is 5.78. The molecule has 0 aromatic heterocycles. The highest BCUT2D eigenvalue weighted by atomic mass is 16.5. The van der Waals surface area contributed by atoms with Gasteiger partial charge in [-0.25, -0.2) is 4.79 Å². The topological polar surface area (TPSA) is 155 Å². The largest absolute Gasteiger partial charge is 0.481 e. The minimum Gasteiger partial charge on any atom is -0.481 e. The maximum absolute atomic E-state index is 12.7. The monoisotopic (exact) mass is 454 g/mol. The molecule has 6 N–H and O–H groups in total. The number of ether oxygens (including phenoxy) is 1. The number of nitrogen functional groups attached to an aromatic ring is 1. The van der Waals surface area contributed by atoms with Crippen LogP contribution in [0.5, 0.6) is 0 Å². The summed E-state index contributed by atoms with van der Waals surface area (Å²) in [7, 11) is 0. The molecule has 0 bridgehead atoms. The predicted molar refractivity (Wildman–Crippen MR) is 125 cm³/mol. The molecule has 0 aliphatic rings. The molecule has 9 nitrogen and oxygen atoms in total. The molecule has 2 aromatic rings. The third-order valence-corrected chi connectivity index (χ3v) is 5.24. The summed E-state index contributed by atoms with van der Waals surface area (Å²) in [6, 6.07) is 12.6. The molecule has 1 unspecified atom stereocenters. The molecule has 9 heteroatoms. The number of carbonyl (C=O) groups excluding carboxylic acids is 2. The molecular weight excluding hydrogens is 424 g/mol. The molecule has 0 saturated carbocycles. The lowest BCUT2D eigenvalue weighted by Gasteiger charge is -2.29. The van der Waals surface area contributed by atoms with Crippen molar-refractivity contribution in [3.63, 3.8) is 0 Å². The van der Waals surface area contributed by atoms with Gasteiger partial charge in [0.1, 0.15) is 5.84 Å². The molecule has 1 amide bonds. The minimum atomic E-state index is -1.45. The van der Waals surface area contributed by atoms with Gasteiger partial charge >= 0.3 is 11.9 Å². The number of anilines is 1. The minimum absolute atomic E-state index is 0.00711. The van der Waals surface area contributed by atoms with Gasteiger partial charge in [-0.1, -0.05) is 18.2 Å². The third-order valence-electron chi connectivity index (χ3n) is 5.24. The number of benzene rings is 2. The van der Waals surface area contributed by atoms with Crippen molar-refractivity contribution in [2.75, 3.05) is 11.9 Å². The number of esters is 1. The fourth-order valence-corrected chi connectivity index (χ4v) is 3.25. The van der Waals surface area contributed by atoms with Crippen molar-refractivity contribution >= 4 is 29.4 Å². The summed E-state index contributed by atoms with van der Waals surface area (Å²) in [4.78, 5) is 35.8. The van der Waals surface area contributed by atoms with E-state index in [9.17, 15) is 14.4 Å². The Hall–Kier alpha value is -3.88. The van der Waals surface area contributed by atoms with Crippen molar-refractivity contribution < 1.29 is 24.2 Å². The van der Waals surface area contributed by atoms with Crippen LogP contribution < -0.4 is 16.4 Å². The van der Waals surface area contributed by atoms with Crippen LogP contribution in [0.2, 0.25) is 0 Å². The van der Waals surface area contributed by atoms with Gasteiger partial charge in [-0.05, 0) is 61.7 Å². The van der Waals surface area contributed by atoms with Crippen LogP contribution >= 0.6 is 0 Å². The van der Waals surface area contributed by atoms with Crippen LogP contribution in [0.15, 0.2) is 42.5 Å². The predicted octanol–water partition coefficient (Wildman–Crippen LogP) is 2.65. The summed E-state index contributed by atoms with van der Waals surface area (Å²) < 4.78 is 5.18. The van der Waals surface area contributed by atoms with Gasteiger partial charge < -0.3 is 26.2 Å². The number of carbonyl (C=O) groups is 3. The molecular formula is C24H30N4O5. The maximum Gasteiger partial charge on any atom is 0.336 e. The number of nitrogens with two attached hydrogens (primary N) is 1. The zero-order valence-electron chi connectivity index (χ0n) is 19.0. The molecule has 0 spiro atoms. The highest BCUT2D eigenvalue weighted by Crippen LogP contribution is 2.26. The Morgan fingerprint density at radius 2 is 1.79 bits per heavy atom. The van der Waals surface area contributed by atoms with E-state index in [4.69, 9.17) is 21.0 Å². The normalized spacial score (nSPS) is 12.3. The Morgan fingerprint density at radius 3 is 2.33 bits per heavy atom. The standard InChI is InChI=1S/C24H30N4O5/c1-4-33-23(32)24(3,28-20(29)11-12-21(30)31)18-8-5-17(15(2)13-18)14-27-19-9-6-16(7-10-19)22(25)26/h5-10,13,27H,4,11-12,14H2,1-3H3,(H3,25,26)(H,28,29)(H,30,31).